The molecule has 7 nitrogen and oxygen atoms in total. The van der Waals surface area contributed by atoms with Gasteiger partial charge in [0.05, 0.1) is 18.1 Å². The van der Waals surface area contributed by atoms with Crippen molar-refractivity contribution in [1.29, 1.82) is 0 Å². The van der Waals surface area contributed by atoms with E-state index in [0.29, 0.717) is 23.5 Å². The molecular weight excluding hydrogens is 325 g/mol. The van der Waals surface area contributed by atoms with Gasteiger partial charge in [-0.15, -0.1) is 0 Å². The lowest BCUT2D eigenvalue weighted by molar-refractivity contribution is -0.0358. The normalized spacial score (nSPS) is 32.4. The van der Waals surface area contributed by atoms with Gasteiger partial charge in [0.1, 0.15) is 11.6 Å². The Morgan fingerprint density at radius 3 is 2.92 bits per heavy atom. The van der Waals surface area contributed by atoms with Gasteiger partial charge in [-0.05, 0) is 37.7 Å². The maximum absolute atomic E-state index is 15.4. The van der Waals surface area contributed by atoms with Crippen molar-refractivity contribution in [3.63, 3.8) is 0 Å². The van der Waals surface area contributed by atoms with Crippen molar-refractivity contribution < 1.29 is 14.2 Å². The van der Waals surface area contributed by atoms with Gasteiger partial charge < -0.3 is 15.6 Å². The van der Waals surface area contributed by atoms with E-state index in [4.69, 9.17) is 10.5 Å². The van der Waals surface area contributed by atoms with Crippen LogP contribution >= 0.6 is 0 Å². The highest BCUT2D eigenvalue weighted by Gasteiger charge is 2.56. The SMILES string of the molecule is C=C[C@@]1(F)[C@H](O)[C@@H](CC)O[C@H]1n1cnc2c(CC3CC3)nc(N)nc21. The van der Waals surface area contributed by atoms with Crippen molar-refractivity contribution in [2.45, 2.75) is 56.7 Å². The Morgan fingerprint density at radius 1 is 1.52 bits per heavy atom. The summed E-state index contributed by atoms with van der Waals surface area (Å²) in [5, 5.41) is 10.3. The zero-order valence-electron chi connectivity index (χ0n) is 14.1. The average molecular weight is 347 g/mol. The number of rotatable bonds is 5. The van der Waals surface area contributed by atoms with Crippen molar-refractivity contribution in [1.82, 2.24) is 19.5 Å². The molecule has 2 aromatic rings. The lowest BCUT2D eigenvalue weighted by atomic mass is 9.95. The lowest BCUT2D eigenvalue weighted by Gasteiger charge is -2.25. The number of halogens is 1. The molecule has 4 atom stereocenters. The molecule has 8 heteroatoms. The third-order valence-corrected chi connectivity index (χ3v) is 5.15. The van der Waals surface area contributed by atoms with Crippen LogP contribution in [-0.2, 0) is 11.2 Å². The fraction of sp³-hybridized carbons (Fsp3) is 0.588. The fourth-order valence-electron chi connectivity index (χ4n) is 3.50. The first kappa shape index (κ1) is 16.4. The summed E-state index contributed by atoms with van der Waals surface area (Å²) in [5.41, 5.74) is 5.52. The number of nitrogen functional groups attached to an aromatic ring is 1. The summed E-state index contributed by atoms with van der Waals surface area (Å²) in [6.45, 7) is 5.38. The molecule has 3 N–H and O–H groups in total. The molecule has 0 aromatic carbocycles. The second-order valence-electron chi connectivity index (χ2n) is 6.91. The standard InChI is InChI=1S/C17H22FN5O2/c1-3-11-13(24)17(18,4-2)15(25-11)23-8-20-12-10(7-9-5-6-9)21-16(19)22-14(12)23/h4,8-9,11,13,15,24H,2-3,5-7H2,1H3,(H2,19,21,22)/t11-,13-,15-,17-/m1/s1. The van der Waals surface area contributed by atoms with Crippen molar-refractivity contribution >= 4 is 17.1 Å². The number of alkyl halides is 1. The molecule has 1 saturated carbocycles. The van der Waals surface area contributed by atoms with Gasteiger partial charge >= 0.3 is 0 Å². The molecule has 0 amide bonds. The molecule has 0 radical (unpaired) electrons. The molecule has 1 saturated heterocycles. The summed E-state index contributed by atoms with van der Waals surface area (Å²) in [6.07, 6.45) is 3.15. The zero-order valence-corrected chi connectivity index (χ0v) is 14.1. The van der Waals surface area contributed by atoms with Gasteiger partial charge in [-0.3, -0.25) is 4.57 Å². The largest absolute Gasteiger partial charge is 0.387 e. The minimum absolute atomic E-state index is 0.124. The Balaban J connectivity index is 1.81. The second-order valence-corrected chi connectivity index (χ2v) is 6.91. The summed E-state index contributed by atoms with van der Waals surface area (Å²) in [5.74, 6) is 0.726. The van der Waals surface area contributed by atoms with Crippen molar-refractivity contribution in [2.75, 3.05) is 5.73 Å². The molecule has 1 aliphatic heterocycles. The number of imidazole rings is 1. The highest BCUT2D eigenvalue weighted by molar-refractivity contribution is 5.75. The van der Waals surface area contributed by atoms with Crippen LogP contribution in [0, 0.1) is 5.92 Å². The first-order valence-corrected chi connectivity index (χ1v) is 8.62. The molecule has 25 heavy (non-hydrogen) atoms. The maximum Gasteiger partial charge on any atom is 0.222 e. The molecule has 4 rings (SSSR count). The van der Waals surface area contributed by atoms with E-state index in [2.05, 4.69) is 21.5 Å². The molecule has 0 unspecified atom stereocenters. The minimum Gasteiger partial charge on any atom is -0.387 e. The predicted octanol–water partition coefficient (Wildman–Crippen LogP) is 1.92. The van der Waals surface area contributed by atoms with Gasteiger partial charge in [0.15, 0.2) is 11.9 Å². The zero-order chi connectivity index (χ0) is 17.8. The van der Waals surface area contributed by atoms with E-state index in [-0.39, 0.29) is 5.95 Å². The third-order valence-electron chi connectivity index (χ3n) is 5.15. The van der Waals surface area contributed by atoms with Crippen LogP contribution in [0.5, 0.6) is 0 Å². The number of anilines is 1. The molecule has 0 bridgehead atoms. The van der Waals surface area contributed by atoms with Crippen LogP contribution in [0.2, 0.25) is 0 Å². The van der Waals surface area contributed by atoms with Gasteiger partial charge in [0.2, 0.25) is 11.6 Å². The van der Waals surface area contributed by atoms with Crippen LogP contribution < -0.4 is 5.73 Å². The van der Waals surface area contributed by atoms with Gasteiger partial charge in [-0.2, -0.15) is 4.98 Å². The number of fused-ring (bicyclic) bond motifs is 1. The van der Waals surface area contributed by atoms with Crippen molar-refractivity contribution in [3.05, 3.63) is 24.7 Å². The smallest absolute Gasteiger partial charge is 0.222 e. The molecule has 2 aliphatic rings. The van der Waals surface area contributed by atoms with E-state index in [1.54, 1.807) is 0 Å². The van der Waals surface area contributed by atoms with Crippen LogP contribution in [0.1, 0.15) is 38.1 Å². The summed E-state index contributed by atoms with van der Waals surface area (Å²) in [7, 11) is 0. The van der Waals surface area contributed by atoms with Crippen LogP contribution in [0.15, 0.2) is 19.0 Å². The number of hydrogen-bond acceptors (Lipinski definition) is 6. The van der Waals surface area contributed by atoms with Crippen LogP contribution in [0.3, 0.4) is 0 Å². The topological polar surface area (TPSA) is 99.1 Å². The van der Waals surface area contributed by atoms with Crippen LogP contribution in [0.4, 0.5) is 10.3 Å². The molecular formula is C17H22FN5O2. The van der Waals surface area contributed by atoms with Crippen molar-refractivity contribution in [3.8, 4) is 0 Å². The Hall–Kier alpha value is -2.06. The quantitative estimate of drug-likeness (QED) is 0.802. The second kappa shape index (κ2) is 5.74. The maximum atomic E-state index is 15.4. The van der Waals surface area contributed by atoms with E-state index in [9.17, 15) is 5.11 Å². The van der Waals surface area contributed by atoms with E-state index < -0.39 is 24.1 Å². The number of nitrogens with zero attached hydrogens (tertiary/aromatic N) is 4. The fourth-order valence-corrected chi connectivity index (χ4v) is 3.50. The van der Waals surface area contributed by atoms with Crippen molar-refractivity contribution in [2.24, 2.45) is 5.92 Å². The first-order valence-electron chi connectivity index (χ1n) is 8.62. The lowest BCUT2D eigenvalue weighted by Crippen LogP contribution is -2.40. The number of aromatic nitrogens is 4. The van der Waals surface area contributed by atoms with Crippen LogP contribution in [-0.4, -0.2) is 42.5 Å². The minimum atomic E-state index is -2.13. The van der Waals surface area contributed by atoms with Gasteiger partial charge in [0.25, 0.3) is 0 Å². The summed E-state index contributed by atoms with van der Waals surface area (Å²) in [4.78, 5) is 12.9. The summed E-state index contributed by atoms with van der Waals surface area (Å²) >= 11 is 0. The van der Waals surface area contributed by atoms with Gasteiger partial charge in [0, 0.05) is 0 Å². The number of hydrogen-bond donors (Lipinski definition) is 2. The van der Waals surface area contributed by atoms with E-state index in [1.165, 1.54) is 23.7 Å². The molecule has 3 heterocycles. The number of aliphatic hydroxyl groups excluding tert-OH is 1. The van der Waals surface area contributed by atoms with Gasteiger partial charge in [-0.25, -0.2) is 14.4 Å². The van der Waals surface area contributed by atoms with Crippen LogP contribution in [0.25, 0.3) is 11.2 Å². The third kappa shape index (κ3) is 2.51. The summed E-state index contributed by atoms with van der Waals surface area (Å²) in [6, 6.07) is 0. The first-order chi connectivity index (χ1) is 12.0. The highest BCUT2D eigenvalue weighted by atomic mass is 19.1. The Bertz CT molecular complexity index is 821. The number of ether oxygens (including phenoxy) is 1. The van der Waals surface area contributed by atoms with E-state index >= 15 is 4.39 Å². The molecule has 2 fully saturated rings. The van der Waals surface area contributed by atoms with E-state index in [0.717, 1.165) is 18.2 Å². The molecule has 134 valence electrons. The average Bonchev–Trinajstić information content (AvgIpc) is 3.26. The molecule has 2 aromatic heterocycles. The summed E-state index contributed by atoms with van der Waals surface area (Å²) < 4.78 is 22.7. The predicted molar refractivity (Wildman–Crippen MR) is 90.4 cm³/mol. The molecule has 0 spiro atoms. The Morgan fingerprint density at radius 2 is 2.28 bits per heavy atom. The number of nitrogens with two attached hydrogens (primary N) is 1. The monoisotopic (exact) mass is 347 g/mol. The Kier molecular flexibility index (Phi) is 3.77. The Labute approximate surface area is 144 Å². The highest BCUT2D eigenvalue weighted by Crippen LogP contribution is 2.44. The van der Waals surface area contributed by atoms with Gasteiger partial charge in [-0.1, -0.05) is 13.5 Å². The van der Waals surface area contributed by atoms with E-state index in [1.807, 2.05) is 6.92 Å². The number of aliphatic hydroxyl groups is 1. The molecule has 1 aliphatic carbocycles.